The molecule has 0 aliphatic rings. The molecule has 1 heterocycles. The second kappa shape index (κ2) is 9.75. The van der Waals surface area contributed by atoms with Crippen LogP contribution in [0.15, 0.2) is 49.2 Å². The summed E-state index contributed by atoms with van der Waals surface area (Å²) in [6.45, 7) is 6.01. The molecule has 0 saturated carbocycles. The van der Waals surface area contributed by atoms with Gasteiger partial charge in [-0.1, -0.05) is 29.8 Å². The molecule has 8 heteroatoms. The largest absolute Gasteiger partial charge is 0.493 e. The van der Waals surface area contributed by atoms with Gasteiger partial charge in [-0.05, 0) is 59.6 Å². The molecule has 2 aromatic carbocycles. The van der Waals surface area contributed by atoms with Crippen LogP contribution in [0.3, 0.4) is 0 Å². The van der Waals surface area contributed by atoms with Gasteiger partial charge in [0, 0.05) is 20.9 Å². The molecule has 0 N–H and O–H groups in total. The Kier molecular flexibility index (Phi) is 7.31. The Hall–Kier alpha value is -2.19. The van der Waals surface area contributed by atoms with Crippen LogP contribution in [0.4, 0.5) is 0 Å². The maximum atomic E-state index is 13.0. The van der Waals surface area contributed by atoms with E-state index in [1.54, 1.807) is 19.4 Å². The first-order valence-corrected chi connectivity index (χ1v) is 11.3. The molecular formula is C22H23Br2N3O3. The fourth-order valence-corrected chi connectivity index (χ4v) is 3.65. The van der Waals surface area contributed by atoms with E-state index in [2.05, 4.69) is 48.9 Å². The highest BCUT2D eigenvalue weighted by atomic mass is 79.9. The number of benzene rings is 2. The second-order valence-electron chi connectivity index (χ2n) is 6.77. The van der Waals surface area contributed by atoms with Gasteiger partial charge in [0.05, 0.1) is 30.3 Å². The lowest BCUT2D eigenvalue weighted by molar-refractivity contribution is 0.207. The summed E-state index contributed by atoms with van der Waals surface area (Å²) in [6, 6.07) is 9.13. The Morgan fingerprint density at radius 1 is 1.20 bits per heavy atom. The van der Waals surface area contributed by atoms with Gasteiger partial charge in [0.25, 0.3) is 5.56 Å². The minimum Gasteiger partial charge on any atom is -0.493 e. The zero-order valence-electron chi connectivity index (χ0n) is 17.3. The lowest BCUT2D eigenvalue weighted by Gasteiger charge is -2.16. The monoisotopic (exact) mass is 535 g/mol. The molecule has 3 rings (SSSR count). The number of halogens is 2. The molecule has 30 heavy (non-hydrogen) atoms. The summed E-state index contributed by atoms with van der Waals surface area (Å²) in [5.41, 5.74) is 1.20. The summed E-state index contributed by atoms with van der Waals surface area (Å²) in [7, 11) is 1.60. The van der Waals surface area contributed by atoms with Crippen molar-refractivity contribution < 1.29 is 9.47 Å². The quantitative estimate of drug-likeness (QED) is 0.371. The first-order valence-electron chi connectivity index (χ1n) is 9.67. The molecule has 1 atom stereocenters. The third-order valence-electron chi connectivity index (χ3n) is 4.69. The molecule has 0 aliphatic heterocycles. The first kappa shape index (κ1) is 22.5. The number of methoxy groups -OCH3 is 1. The zero-order valence-corrected chi connectivity index (χ0v) is 20.4. The molecule has 0 aliphatic carbocycles. The summed E-state index contributed by atoms with van der Waals surface area (Å²) in [6.07, 6.45) is 3.15. The van der Waals surface area contributed by atoms with Crippen molar-refractivity contribution in [2.45, 2.75) is 39.7 Å². The van der Waals surface area contributed by atoms with Crippen molar-refractivity contribution in [3.8, 4) is 11.5 Å². The van der Waals surface area contributed by atoms with Crippen molar-refractivity contribution in [2.24, 2.45) is 5.10 Å². The van der Waals surface area contributed by atoms with E-state index in [0.29, 0.717) is 34.6 Å². The maximum Gasteiger partial charge on any atom is 0.282 e. The van der Waals surface area contributed by atoms with Crippen molar-refractivity contribution in [1.82, 2.24) is 9.66 Å². The number of aryl methyl sites for hydroxylation is 1. The Morgan fingerprint density at radius 3 is 2.63 bits per heavy atom. The number of hydrogen-bond acceptors (Lipinski definition) is 5. The number of nitrogens with zero attached hydrogens (tertiary/aromatic N) is 3. The molecule has 0 fully saturated rings. The molecule has 0 radical (unpaired) electrons. The first-order chi connectivity index (χ1) is 14.4. The molecular weight excluding hydrogens is 514 g/mol. The molecule has 0 amide bonds. The van der Waals surface area contributed by atoms with Crippen molar-refractivity contribution in [3.63, 3.8) is 0 Å². The van der Waals surface area contributed by atoms with Gasteiger partial charge in [0.2, 0.25) is 0 Å². The van der Waals surface area contributed by atoms with E-state index in [4.69, 9.17) is 9.47 Å². The lowest BCUT2D eigenvalue weighted by atomic mass is 10.2. The van der Waals surface area contributed by atoms with E-state index >= 15 is 0 Å². The van der Waals surface area contributed by atoms with Gasteiger partial charge < -0.3 is 9.47 Å². The summed E-state index contributed by atoms with van der Waals surface area (Å²) >= 11 is 6.97. The highest BCUT2D eigenvalue weighted by molar-refractivity contribution is 9.10. The van der Waals surface area contributed by atoms with E-state index < -0.39 is 0 Å². The second-order valence-corrected chi connectivity index (χ2v) is 8.54. The Balaban J connectivity index is 2.06. The molecule has 0 saturated heterocycles. The third-order valence-corrected chi connectivity index (χ3v) is 5.87. The van der Waals surface area contributed by atoms with E-state index in [-0.39, 0.29) is 11.7 Å². The van der Waals surface area contributed by atoms with Crippen molar-refractivity contribution in [3.05, 3.63) is 61.0 Å². The van der Waals surface area contributed by atoms with Crippen LogP contribution in [-0.2, 0) is 6.42 Å². The molecule has 0 unspecified atom stereocenters. The highest BCUT2D eigenvalue weighted by Gasteiger charge is 2.13. The van der Waals surface area contributed by atoms with Gasteiger partial charge in [-0.25, -0.2) is 4.98 Å². The normalized spacial score (nSPS) is 12.5. The van der Waals surface area contributed by atoms with Crippen LogP contribution in [0.5, 0.6) is 11.5 Å². The summed E-state index contributed by atoms with van der Waals surface area (Å²) in [4.78, 5) is 17.6. The molecule has 158 valence electrons. The van der Waals surface area contributed by atoms with Crippen LogP contribution in [0.25, 0.3) is 10.9 Å². The van der Waals surface area contributed by atoms with E-state index in [9.17, 15) is 4.79 Å². The minimum atomic E-state index is -0.214. The summed E-state index contributed by atoms with van der Waals surface area (Å²) in [5, 5.41) is 4.95. The van der Waals surface area contributed by atoms with Crippen LogP contribution >= 0.6 is 31.9 Å². The lowest BCUT2D eigenvalue weighted by Crippen LogP contribution is -2.22. The standard InChI is InChI=1S/C22H23Br2N3O3/c1-5-13(3)30-20-11-17(24)14(9-19(20)29-4)12-25-27-21(6-2)26-18-8-7-15(23)10-16(18)22(27)28/h7-13H,5-6H2,1-4H3/t13-/m0/s1. The Labute approximate surface area is 192 Å². The molecule has 0 spiro atoms. The predicted molar refractivity (Wildman–Crippen MR) is 127 cm³/mol. The van der Waals surface area contributed by atoms with Gasteiger partial charge in [0.15, 0.2) is 11.5 Å². The number of hydrogen-bond donors (Lipinski definition) is 0. The topological polar surface area (TPSA) is 65.7 Å². The fourth-order valence-electron chi connectivity index (χ4n) is 2.86. The highest BCUT2D eigenvalue weighted by Crippen LogP contribution is 2.34. The van der Waals surface area contributed by atoms with Gasteiger partial charge in [-0.15, -0.1) is 0 Å². The summed E-state index contributed by atoms with van der Waals surface area (Å²) < 4.78 is 14.4. The van der Waals surface area contributed by atoms with E-state index in [0.717, 1.165) is 20.9 Å². The van der Waals surface area contributed by atoms with Crippen molar-refractivity contribution in [1.29, 1.82) is 0 Å². The SMILES string of the molecule is CCc1nc2ccc(Br)cc2c(=O)n1N=Cc1cc(OC)c(O[C@@H](C)CC)cc1Br. The molecule has 6 nitrogen and oxygen atoms in total. The van der Waals surface area contributed by atoms with Crippen molar-refractivity contribution >= 4 is 49.0 Å². The van der Waals surface area contributed by atoms with Crippen LogP contribution in [0.2, 0.25) is 0 Å². The number of fused-ring (bicyclic) bond motifs is 1. The fraction of sp³-hybridized carbons (Fsp3) is 0.318. The van der Waals surface area contributed by atoms with E-state index in [1.807, 2.05) is 38.1 Å². The van der Waals surface area contributed by atoms with Gasteiger partial charge >= 0.3 is 0 Å². The van der Waals surface area contributed by atoms with Crippen LogP contribution in [-0.4, -0.2) is 29.1 Å². The van der Waals surface area contributed by atoms with E-state index in [1.165, 1.54) is 4.68 Å². The minimum absolute atomic E-state index is 0.0685. The summed E-state index contributed by atoms with van der Waals surface area (Å²) in [5.74, 6) is 1.84. The molecule has 3 aromatic rings. The number of ether oxygens (including phenoxy) is 2. The Bertz CT molecular complexity index is 1160. The smallest absolute Gasteiger partial charge is 0.282 e. The van der Waals surface area contributed by atoms with Crippen LogP contribution in [0, 0.1) is 0 Å². The van der Waals surface area contributed by atoms with Gasteiger partial charge in [0.1, 0.15) is 5.82 Å². The zero-order chi connectivity index (χ0) is 21.8. The van der Waals surface area contributed by atoms with Gasteiger partial charge in [-0.3, -0.25) is 4.79 Å². The van der Waals surface area contributed by atoms with Gasteiger partial charge in [-0.2, -0.15) is 9.78 Å². The number of rotatable bonds is 7. The third kappa shape index (κ3) is 4.75. The van der Waals surface area contributed by atoms with Crippen LogP contribution < -0.4 is 15.0 Å². The Morgan fingerprint density at radius 2 is 1.97 bits per heavy atom. The maximum absolute atomic E-state index is 13.0. The average molecular weight is 537 g/mol. The van der Waals surface area contributed by atoms with Crippen molar-refractivity contribution in [2.75, 3.05) is 7.11 Å². The average Bonchev–Trinajstić information content (AvgIpc) is 2.74. The molecule has 0 bridgehead atoms. The number of aromatic nitrogens is 2. The predicted octanol–water partition coefficient (Wildman–Crippen LogP) is 5.55. The van der Waals surface area contributed by atoms with Crippen LogP contribution in [0.1, 0.15) is 38.6 Å². The molecule has 1 aromatic heterocycles.